The molecule has 1 rings (SSSR count). The molecular formula is C11H21NO4. The predicted octanol–water partition coefficient (Wildman–Crippen LogP) is 1.35. The van der Waals surface area contributed by atoms with Gasteiger partial charge in [-0.15, -0.1) is 0 Å². The monoisotopic (exact) mass is 231 g/mol. The second kappa shape index (κ2) is 5.50. The number of amides is 1. The molecule has 1 amide bonds. The molecule has 5 nitrogen and oxygen atoms in total. The summed E-state index contributed by atoms with van der Waals surface area (Å²) in [4.78, 5) is 13.4. The lowest BCUT2D eigenvalue weighted by Gasteiger charge is -2.28. The van der Waals surface area contributed by atoms with Crippen LogP contribution < -0.4 is 0 Å². The summed E-state index contributed by atoms with van der Waals surface area (Å²) in [7, 11) is 0. The highest BCUT2D eigenvalue weighted by atomic mass is 16.6. The minimum Gasteiger partial charge on any atom is -0.444 e. The summed E-state index contributed by atoms with van der Waals surface area (Å²) >= 11 is 0. The average molecular weight is 231 g/mol. The van der Waals surface area contributed by atoms with E-state index in [1.807, 2.05) is 20.8 Å². The van der Waals surface area contributed by atoms with E-state index in [1.54, 1.807) is 4.90 Å². The highest BCUT2D eigenvalue weighted by Crippen LogP contribution is 2.21. The summed E-state index contributed by atoms with van der Waals surface area (Å²) in [6.45, 7) is 6.40. The van der Waals surface area contributed by atoms with E-state index in [4.69, 9.17) is 14.6 Å². The molecule has 1 fully saturated rings. The molecule has 0 radical (unpaired) electrons. The summed E-state index contributed by atoms with van der Waals surface area (Å²) in [6.07, 6.45) is 1.13. The van der Waals surface area contributed by atoms with E-state index in [1.165, 1.54) is 0 Å². The smallest absolute Gasteiger partial charge is 0.412 e. The van der Waals surface area contributed by atoms with Crippen LogP contribution in [0.5, 0.6) is 0 Å². The van der Waals surface area contributed by atoms with E-state index < -0.39 is 5.60 Å². The van der Waals surface area contributed by atoms with Crippen LogP contribution in [0.2, 0.25) is 0 Å². The number of carbonyl (C=O) groups is 1. The van der Waals surface area contributed by atoms with Gasteiger partial charge in [-0.2, -0.15) is 0 Å². The number of aliphatic hydroxyl groups excluding tert-OH is 1. The van der Waals surface area contributed by atoms with Gasteiger partial charge in [-0.05, 0) is 33.6 Å². The van der Waals surface area contributed by atoms with Crippen LogP contribution in [-0.2, 0) is 9.47 Å². The van der Waals surface area contributed by atoms with Crippen molar-refractivity contribution in [2.24, 2.45) is 0 Å². The molecule has 94 valence electrons. The summed E-state index contributed by atoms with van der Waals surface area (Å²) in [5.41, 5.74) is -0.485. The van der Waals surface area contributed by atoms with Gasteiger partial charge in [-0.3, -0.25) is 4.90 Å². The van der Waals surface area contributed by atoms with Crippen molar-refractivity contribution in [3.63, 3.8) is 0 Å². The molecule has 0 spiro atoms. The summed E-state index contributed by atoms with van der Waals surface area (Å²) in [5, 5.41) is 8.68. The molecule has 0 saturated carbocycles. The van der Waals surface area contributed by atoms with Gasteiger partial charge in [-0.1, -0.05) is 0 Å². The van der Waals surface area contributed by atoms with Crippen LogP contribution in [0.25, 0.3) is 0 Å². The molecule has 1 aliphatic heterocycles. The third-order valence-electron chi connectivity index (χ3n) is 2.23. The van der Waals surface area contributed by atoms with Crippen LogP contribution in [0, 0.1) is 0 Å². The van der Waals surface area contributed by atoms with Crippen molar-refractivity contribution in [1.82, 2.24) is 4.90 Å². The lowest BCUT2D eigenvalue weighted by atomic mass is 10.2. The second-order valence-electron chi connectivity index (χ2n) is 4.87. The molecule has 1 saturated heterocycles. The van der Waals surface area contributed by atoms with E-state index in [0.29, 0.717) is 6.54 Å². The van der Waals surface area contributed by atoms with Crippen molar-refractivity contribution in [2.45, 2.75) is 45.4 Å². The Hall–Kier alpha value is -0.810. The topological polar surface area (TPSA) is 59.0 Å². The molecule has 1 N–H and O–H groups in total. The van der Waals surface area contributed by atoms with Crippen molar-refractivity contribution in [3.8, 4) is 0 Å². The van der Waals surface area contributed by atoms with Crippen molar-refractivity contribution in [3.05, 3.63) is 0 Å². The van der Waals surface area contributed by atoms with Crippen LogP contribution in [0.15, 0.2) is 0 Å². The van der Waals surface area contributed by atoms with Gasteiger partial charge >= 0.3 is 6.09 Å². The number of likely N-dealkylation sites (tertiary alicyclic amines) is 1. The van der Waals surface area contributed by atoms with Crippen LogP contribution in [-0.4, -0.2) is 47.7 Å². The number of nitrogens with zero attached hydrogens (tertiary/aromatic N) is 1. The molecule has 1 heterocycles. The average Bonchev–Trinajstić information content (AvgIpc) is 2.59. The fourth-order valence-corrected chi connectivity index (χ4v) is 1.63. The lowest BCUT2D eigenvalue weighted by molar-refractivity contribution is -0.0567. The Balaban J connectivity index is 2.47. The van der Waals surface area contributed by atoms with Crippen LogP contribution in [0.4, 0.5) is 4.79 Å². The number of hydrogen-bond donors (Lipinski definition) is 1. The number of hydrogen-bond acceptors (Lipinski definition) is 4. The predicted molar refractivity (Wildman–Crippen MR) is 59.0 cm³/mol. The Morgan fingerprint density at radius 1 is 1.50 bits per heavy atom. The van der Waals surface area contributed by atoms with Crippen LogP contribution >= 0.6 is 0 Å². The number of aliphatic hydroxyl groups is 1. The van der Waals surface area contributed by atoms with Crippen molar-refractivity contribution in [1.29, 1.82) is 0 Å². The van der Waals surface area contributed by atoms with Crippen molar-refractivity contribution >= 4 is 6.09 Å². The first kappa shape index (κ1) is 13.3. The highest BCUT2D eigenvalue weighted by Gasteiger charge is 2.32. The molecule has 5 heteroatoms. The Kier molecular flexibility index (Phi) is 4.56. The van der Waals surface area contributed by atoms with Crippen LogP contribution in [0.3, 0.4) is 0 Å². The quantitative estimate of drug-likeness (QED) is 0.796. The fourth-order valence-electron chi connectivity index (χ4n) is 1.63. The molecular weight excluding hydrogens is 210 g/mol. The van der Waals surface area contributed by atoms with Gasteiger partial charge in [0.15, 0.2) is 0 Å². The molecule has 16 heavy (non-hydrogen) atoms. The number of rotatable bonds is 3. The molecule has 0 bridgehead atoms. The highest BCUT2D eigenvalue weighted by molar-refractivity contribution is 5.68. The molecule has 0 aromatic rings. The first-order chi connectivity index (χ1) is 7.44. The van der Waals surface area contributed by atoms with Gasteiger partial charge in [0, 0.05) is 6.54 Å². The third kappa shape index (κ3) is 3.98. The Morgan fingerprint density at radius 2 is 2.19 bits per heavy atom. The van der Waals surface area contributed by atoms with Crippen LogP contribution in [0.1, 0.15) is 33.6 Å². The largest absolute Gasteiger partial charge is 0.444 e. The standard InChI is InChI=1S/C11H21NO4/c1-11(2,3)16-10(14)12-6-4-5-9(12)15-8-7-13/h9,13H,4-8H2,1-3H3. The summed E-state index contributed by atoms with van der Waals surface area (Å²) < 4.78 is 10.7. The first-order valence-corrected chi connectivity index (χ1v) is 5.66. The van der Waals surface area contributed by atoms with Gasteiger partial charge in [0.05, 0.1) is 13.2 Å². The van der Waals surface area contributed by atoms with E-state index in [-0.39, 0.29) is 25.5 Å². The maximum Gasteiger partial charge on any atom is 0.412 e. The maximum atomic E-state index is 11.8. The third-order valence-corrected chi connectivity index (χ3v) is 2.23. The number of carbonyl (C=O) groups excluding carboxylic acids is 1. The van der Waals surface area contributed by atoms with E-state index >= 15 is 0 Å². The molecule has 1 aliphatic rings. The van der Waals surface area contributed by atoms with E-state index in [2.05, 4.69) is 0 Å². The zero-order chi connectivity index (χ0) is 12.2. The van der Waals surface area contributed by atoms with Crippen molar-refractivity contribution < 1.29 is 19.4 Å². The molecule has 1 atom stereocenters. The summed E-state index contributed by atoms with van der Waals surface area (Å²) in [6, 6.07) is 0. The SMILES string of the molecule is CC(C)(C)OC(=O)N1CCCC1OCCO. The minimum absolute atomic E-state index is 0.0291. The van der Waals surface area contributed by atoms with Gasteiger partial charge in [0.1, 0.15) is 11.8 Å². The fraction of sp³-hybridized carbons (Fsp3) is 0.909. The van der Waals surface area contributed by atoms with E-state index in [0.717, 1.165) is 12.8 Å². The minimum atomic E-state index is -0.485. The van der Waals surface area contributed by atoms with E-state index in [9.17, 15) is 4.79 Å². The van der Waals surface area contributed by atoms with Gasteiger partial charge in [-0.25, -0.2) is 4.79 Å². The zero-order valence-corrected chi connectivity index (χ0v) is 10.2. The molecule has 0 aromatic carbocycles. The normalized spacial score (nSPS) is 21.2. The second-order valence-corrected chi connectivity index (χ2v) is 4.87. The maximum absolute atomic E-state index is 11.8. The molecule has 1 unspecified atom stereocenters. The van der Waals surface area contributed by atoms with Gasteiger partial charge < -0.3 is 14.6 Å². The molecule has 0 aromatic heterocycles. The Bertz CT molecular complexity index is 237. The first-order valence-electron chi connectivity index (χ1n) is 5.66. The zero-order valence-electron chi connectivity index (χ0n) is 10.2. The van der Waals surface area contributed by atoms with Gasteiger partial charge in [0.25, 0.3) is 0 Å². The number of ether oxygens (including phenoxy) is 2. The summed E-state index contributed by atoms with van der Waals surface area (Å²) in [5.74, 6) is 0. The van der Waals surface area contributed by atoms with Gasteiger partial charge in [0.2, 0.25) is 0 Å². The Labute approximate surface area is 96.3 Å². The Morgan fingerprint density at radius 3 is 2.75 bits per heavy atom. The van der Waals surface area contributed by atoms with Crippen molar-refractivity contribution in [2.75, 3.05) is 19.8 Å². The lowest BCUT2D eigenvalue weighted by Crippen LogP contribution is -2.41. The molecule has 0 aliphatic carbocycles.